The van der Waals surface area contributed by atoms with Gasteiger partial charge in [-0.1, -0.05) is 30.3 Å². The van der Waals surface area contributed by atoms with Crippen molar-refractivity contribution in [2.75, 3.05) is 6.54 Å². The Balaban J connectivity index is 1.54. The van der Waals surface area contributed by atoms with E-state index in [1.165, 1.54) is 0 Å². The zero-order valence-corrected chi connectivity index (χ0v) is 10.7. The van der Waals surface area contributed by atoms with Crippen LogP contribution >= 0.6 is 0 Å². The van der Waals surface area contributed by atoms with Gasteiger partial charge in [0.2, 0.25) is 5.91 Å². The molecule has 3 rings (SSSR count). The maximum Gasteiger partial charge on any atom is 0.223 e. The first-order chi connectivity index (χ1) is 9.33. The van der Waals surface area contributed by atoms with Gasteiger partial charge in [0.05, 0.1) is 12.7 Å². The molecule has 0 saturated heterocycles. The summed E-state index contributed by atoms with van der Waals surface area (Å²) in [5, 5.41) is 7.26. The monoisotopic (exact) mass is 255 g/mol. The van der Waals surface area contributed by atoms with Crippen LogP contribution in [0.1, 0.15) is 12.8 Å². The second-order valence-electron chi connectivity index (χ2n) is 4.92. The van der Waals surface area contributed by atoms with Crippen molar-refractivity contribution in [1.82, 2.24) is 15.1 Å². The summed E-state index contributed by atoms with van der Waals surface area (Å²) in [6, 6.07) is 10.2. The van der Waals surface area contributed by atoms with Crippen LogP contribution in [-0.2, 0) is 11.3 Å². The highest BCUT2D eigenvalue weighted by atomic mass is 16.2. The Morgan fingerprint density at radius 1 is 1.26 bits per heavy atom. The van der Waals surface area contributed by atoms with Crippen LogP contribution in [0.25, 0.3) is 11.1 Å². The Morgan fingerprint density at radius 3 is 2.79 bits per heavy atom. The van der Waals surface area contributed by atoms with Gasteiger partial charge >= 0.3 is 0 Å². The van der Waals surface area contributed by atoms with Crippen LogP contribution in [0.2, 0.25) is 0 Å². The van der Waals surface area contributed by atoms with Gasteiger partial charge in [-0.15, -0.1) is 0 Å². The van der Waals surface area contributed by atoms with Crippen molar-refractivity contribution in [3.05, 3.63) is 42.7 Å². The maximum atomic E-state index is 11.5. The molecule has 0 unspecified atom stereocenters. The zero-order valence-electron chi connectivity index (χ0n) is 10.7. The Kier molecular flexibility index (Phi) is 3.31. The van der Waals surface area contributed by atoms with E-state index in [9.17, 15) is 4.79 Å². The highest BCUT2D eigenvalue weighted by Gasteiger charge is 2.28. The van der Waals surface area contributed by atoms with Crippen LogP contribution in [0.3, 0.4) is 0 Å². The van der Waals surface area contributed by atoms with E-state index in [2.05, 4.69) is 22.5 Å². The third kappa shape index (κ3) is 3.02. The molecule has 0 radical (unpaired) electrons. The van der Waals surface area contributed by atoms with Gasteiger partial charge in [-0.2, -0.15) is 5.10 Å². The van der Waals surface area contributed by atoms with Crippen LogP contribution in [0, 0.1) is 5.92 Å². The number of aromatic nitrogens is 2. The van der Waals surface area contributed by atoms with Gasteiger partial charge in [0.15, 0.2) is 0 Å². The summed E-state index contributed by atoms with van der Waals surface area (Å²) in [6.07, 6.45) is 5.97. The number of hydrogen-bond acceptors (Lipinski definition) is 2. The van der Waals surface area contributed by atoms with E-state index >= 15 is 0 Å². The van der Waals surface area contributed by atoms with Crippen molar-refractivity contribution < 1.29 is 4.79 Å². The first-order valence-corrected chi connectivity index (χ1v) is 6.68. The smallest absolute Gasteiger partial charge is 0.223 e. The topological polar surface area (TPSA) is 46.9 Å². The normalized spacial score (nSPS) is 14.3. The number of nitrogens with one attached hydrogen (secondary N) is 1. The zero-order chi connectivity index (χ0) is 13.1. The van der Waals surface area contributed by atoms with Gasteiger partial charge in [0, 0.05) is 24.2 Å². The average molecular weight is 255 g/mol. The summed E-state index contributed by atoms with van der Waals surface area (Å²) in [4.78, 5) is 11.5. The number of benzene rings is 1. The lowest BCUT2D eigenvalue weighted by Gasteiger charge is -2.04. The SMILES string of the molecule is O=C(NCCn1cc(-c2ccccc2)cn1)C1CC1. The first kappa shape index (κ1) is 12.0. The third-order valence-electron chi connectivity index (χ3n) is 3.33. The minimum absolute atomic E-state index is 0.190. The van der Waals surface area contributed by atoms with Gasteiger partial charge in [0.1, 0.15) is 0 Å². The fourth-order valence-electron chi connectivity index (χ4n) is 2.05. The van der Waals surface area contributed by atoms with Crippen molar-refractivity contribution in [3.8, 4) is 11.1 Å². The van der Waals surface area contributed by atoms with Gasteiger partial charge < -0.3 is 5.32 Å². The van der Waals surface area contributed by atoms with E-state index < -0.39 is 0 Å². The number of hydrogen-bond donors (Lipinski definition) is 1. The minimum atomic E-state index is 0.190. The standard InChI is InChI=1S/C15H17N3O/c19-15(13-6-7-13)16-8-9-18-11-14(10-17-18)12-4-2-1-3-5-12/h1-5,10-11,13H,6-9H2,(H,16,19). The lowest BCUT2D eigenvalue weighted by Crippen LogP contribution is -2.28. The van der Waals surface area contributed by atoms with Crippen molar-refractivity contribution in [2.24, 2.45) is 5.92 Å². The molecule has 1 aliphatic carbocycles. The van der Waals surface area contributed by atoms with E-state index in [1.54, 1.807) is 0 Å². The highest BCUT2D eigenvalue weighted by molar-refractivity contribution is 5.80. The Labute approximate surface area is 112 Å². The number of carbonyl (C=O) groups is 1. The lowest BCUT2D eigenvalue weighted by atomic mass is 10.1. The fraction of sp³-hybridized carbons (Fsp3) is 0.333. The first-order valence-electron chi connectivity index (χ1n) is 6.68. The van der Waals surface area contributed by atoms with Gasteiger partial charge in [-0.25, -0.2) is 0 Å². The molecule has 4 heteroatoms. The van der Waals surface area contributed by atoms with E-state index in [0.29, 0.717) is 13.1 Å². The highest BCUT2D eigenvalue weighted by Crippen LogP contribution is 2.28. The van der Waals surface area contributed by atoms with Crippen molar-refractivity contribution in [1.29, 1.82) is 0 Å². The van der Waals surface area contributed by atoms with Crippen molar-refractivity contribution in [2.45, 2.75) is 19.4 Å². The molecule has 4 nitrogen and oxygen atoms in total. The molecule has 1 N–H and O–H groups in total. The predicted molar refractivity (Wildman–Crippen MR) is 73.4 cm³/mol. The molecular weight excluding hydrogens is 238 g/mol. The molecule has 1 heterocycles. The Morgan fingerprint density at radius 2 is 2.05 bits per heavy atom. The number of amides is 1. The molecule has 98 valence electrons. The molecule has 1 aromatic carbocycles. The third-order valence-corrected chi connectivity index (χ3v) is 3.33. The lowest BCUT2D eigenvalue weighted by molar-refractivity contribution is -0.122. The maximum absolute atomic E-state index is 11.5. The molecule has 1 saturated carbocycles. The van der Waals surface area contributed by atoms with Crippen LogP contribution in [-0.4, -0.2) is 22.2 Å². The molecule has 1 amide bonds. The van der Waals surface area contributed by atoms with Gasteiger partial charge in [0.25, 0.3) is 0 Å². The molecular formula is C15H17N3O. The molecule has 1 fully saturated rings. The van der Waals surface area contributed by atoms with E-state index in [1.807, 2.05) is 35.3 Å². The van der Waals surface area contributed by atoms with Crippen molar-refractivity contribution >= 4 is 5.91 Å². The second kappa shape index (κ2) is 5.26. The molecule has 0 spiro atoms. The average Bonchev–Trinajstić information content (AvgIpc) is 3.20. The molecule has 0 bridgehead atoms. The molecule has 0 atom stereocenters. The molecule has 1 aromatic heterocycles. The number of nitrogens with zero attached hydrogens (tertiary/aromatic N) is 2. The number of rotatable bonds is 5. The van der Waals surface area contributed by atoms with Crippen LogP contribution < -0.4 is 5.32 Å². The molecule has 19 heavy (non-hydrogen) atoms. The molecule has 1 aliphatic rings. The Hall–Kier alpha value is -2.10. The van der Waals surface area contributed by atoms with Crippen LogP contribution in [0.15, 0.2) is 42.7 Å². The summed E-state index contributed by atoms with van der Waals surface area (Å²) >= 11 is 0. The number of carbonyl (C=O) groups excluding carboxylic acids is 1. The largest absolute Gasteiger partial charge is 0.354 e. The van der Waals surface area contributed by atoms with Gasteiger partial charge in [-0.3, -0.25) is 9.48 Å². The summed E-state index contributed by atoms with van der Waals surface area (Å²) < 4.78 is 1.87. The Bertz CT molecular complexity index is 558. The predicted octanol–water partition coefficient (Wildman–Crippen LogP) is 2.08. The van der Waals surface area contributed by atoms with Crippen molar-refractivity contribution in [3.63, 3.8) is 0 Å². The fourth-order valence-corrected chi connectivity index (χ4v) is 2.05. The van der Waals surface area contributed by atoms with Crippen LogP contribution in [0.4, 0.5) is 0 Å². The minimum Gasteiger partial charge on any atom is -0.354 e. The summed E-state index contributed by atoms with van der Waals surface area (Å²) in [6.45, 7) is 1.36. The summed E-state index contributed by atoms with van der Waals surface area (Å²) in [5.41, 5.74) is 2.27. The van der Waals surface area contributed by atoms with E-state index in [0.717, 1.165) is 24.0 Å². The molecule has 0 aliphatic heterocycles. The van der Waals surface area contributed by atoms with Gasteiger partial charge in [-0.05, 0) is 18.4 Å². The second-order valence-corrected chi connectivity index (χ2v) is 4.92. The molecule has 2 aromatic rings. The summed E-state index contributed by atoms with van der Waals surface area (Å²) in [7, 11) is 0. The van der Waals surface area contributed by atoms with E-state index in [-0.39, 0.29) is 11.8 Å². The summed E-state index contributed by atoms with van der Waals surface area (Å²) in [5.74, 6) is 0.466. The van der Waals surface area contributed by atoms with E-state index in [4.69, 9.17) is 0 Å². The van der Waals surface area contributed by atoms with Crippen LogP contribution in [0.5, 0.6) is 0 Å². The quantitative estimate of drug-likeness (QED) is 0.889.